The topological polar surface area (TPSA) is 50.2 Å². The van der Waals surface area contributed by atoms with Crippen molar-refractivity contribution in [3.05, 3.63) is 52.1 Å². The number of carboxylic acids is 1. The van der Waals surface area contributed by atoms with E-state index in [4.69, 9.17) is 5.11 Å². The zero-order valence-electron chi connectivity index (χ0n) is 10.6. The van der Waals surface area contributed by atoms with Crippen LogP contribution in [0.3, 0.4) is 0 Å². The Balaban J connectivity index is 2.48. The molecule has 1 aromatic heterocycles. The molecule has 1 heterocycles. The average molecular weight is 320 g/mol. The van der Waals surface area contributed by atoms with E-state index in [9.17, 15) is 4.79 Å². The van der Waals surface area contributed by atoms with Crippen LogP contribution in [-0.2, 0) is 6.42 Å². The number of halogens is 1. The highest BCUT2D eigenvalue weighted by Crippen LogP contribution is 2.23. The van der Waals surface area contributed by atoms with Gasteiger partial charge in [-0.15, -0.1) is 0 Å². The molecule has 0 aliphatic heterocycles. The predicted molar refractivity (Wildman–Crippen MR) is 78.3 cm³/mol. The molecule has 2 rings (SSSR count). The van der Waals surface area contributed by atoms with Crippen LogP contribution in [0.25, 0.3) is 11.3 Å². The normalized spacial score (nSPS) is 10.4. The molecule has 0 fully saturated rings. The molecule has 0 saturated carbocycles. The molecule has 0 spiro atoms. The van der Waals surface area contributed by atoms with Crippen molar-refractivity contribution >= 4 is 21.9 Å². The van der Waals surface area contributed by atoms with E-state index < -0.39 is 5.97 Å². The second kappa shape index (κ2) is 5.97. The lowest BCUT2D eigenvalue weighted by molar-refractivity contribution is 0.0695. The molecule has 2 aromatic rings. The van der Waals surface area contributed by atoms with Crippen LogP contribution in [-0.4, -0.2) is 16.1 Å². The number of aromatic carboxylic acids is 1. The fourth-order valence-electron chi connectivity index (χ4n) is 1.93. The van der Waals surface area contributed by atoms with Gasteiger partial charge in [-0.3, -0.25) is 4.98 Å². The number of rotatable bonds is 4. The molecule has 98 valence electrons. The molecular weight excluding hydrogens is 306 g/mol. The highest BCUT2D eigenvalue weighted by Gasteiger charge is 2.12. The molecule has 0 atom stereocenters. The lowest BCUT2D eigenvalue weighted by Crippen LogP contribution is -2.05. The van der Waals surface area contributed by atoms with Gasteiger partial charge in [0.2, 0.25) is 0 Å². The molecule has 0 saturated heterocycles. The highest BCUT2D eigenvalue weighted by atomic mass is 79.9. The number of benzene rings is 1. The zero-order valence-corrected chi connectivity index (χ0v) is 12.1. The molecule has 0 bridgehead atoms. The van der Waals surface area contributed by atoms with E-state index >= 15 is 0 Å². The van der Waals surface area contributed by atoms with E-state index in [1.165, 1.54) is 0 Å². The van der Waals surface area contributed by atoms with Crippen LogP contribution in [0, 0.1) is 0 Å². The number of hydrogen-bond donors (Lipinski definition) is 1. The summed E-state index contributed by atoms with van der Waals surface area (Å²) >= 11 is 3.42. The Kier molecular flexibility index (Phi) is 4.32. The highest BCUT2D eigenvalue weighted by molar-refractivity contribution is 9.10. The number of nitrogens with zero attached hydrogens (tertiary/aromatic N) is 1. The van der Waals surface area contributed by atoms with Gasteiger partial charge in [0, 0.05) is 10.0 Å². The first-order valence-electron chi connectivity index (χ1n) is 6.11. The van der Waals surface area contributed by atoms with Crippen molar-refractivity contribution in [1.82, 2.24) is 4.98 Å². The third kappa shape index (κ3) is 3.20. The smallest absolute Gasteiger partial charge is 0.337 e. The molecule has 0 amide bonds. The second-order valence-corrected chi connectivity index (χ2v) is 5.17. The van der Waals surface area contributed by atoms with Gasteiger partial charge < -0.3 is 5.11 Å². The Morgan fingerprint density at radius 3 is 2.74 bits per heavy atom. The maximum atomic E-state index is 11.2. The average Bonchev–Trinajstić information content (AvgIpc) is 2.39. The summed E-state index contributed by atoms with van der Waals surface area (Å²) in [5, 5.41) is 9.15. The summed E-state index contributed by atoms with van der Waals surface area (Å²) in [6.07, 6.45) is 1.54. The van der Waals surface area contributed by atoms with Crippen molar-refractivity contribution in [1.29, 1.82) is 0 Å². The van der Waals surface area contributed by atoms with Crippen molar-refractivity contribution in [3.63, 3.8) is 0 Å². The lowest BCUT2D eigenvalue weighted by Gasteiger charge is -2.08. The van der Waals surface area contributed by atoms with Gasteiger partial charge in [-0.05, 0) is 30.7 Å². The molecule has 1 N–H and O–H groups in total. The van der Waals surface area contributed by atoms with E-state index in [0.717, 1.165) is 22.2 Å². The van der Waals surface area contributed by atoms with Gasteiger partial charge in [0.25, 0.3) is 0 Å². The summed E-state index contributed by atoms with van der Waals surface area (Å²) in [4.78, 5) is 15.6. The Labute approximate surface area is 120 Å². The van der Waals surface area contributed by atoms with E-state index in [2.05, 4.69) is 20.9 Å². The number of pyridine rings is 1. The minimum Gasteiger partial charge on any atom is -0.478 e. The minimum absolute atomic E-state index is 0.292. The van der Waals surface area contributed by atoms with Crippen LogP contribution < -0.4 is 0 Å². The minimum atomic E-state index is -0.920. The monoisotopic (exact) mass is 319 g/mol. The van der Waals surface area contributed by atoms with Gasteiger partial charge in [-0.1, -0.05) is 41.4 Å². The zero-order chi connectivity index (χ0) is 13.8. The van der Waals surface area contributed by atoms with Crippen LogP contribution in [0.1, 0.15) is 29.4 Å². The SMILES string of the molecule is CCCc1nc(-c2cccc(Br)c2)ccc1C(=O)O. The van der Waals surface area contributed by atoms with Gasteiger partial charge >= 0.3 is 5.97 Å². The molecule has 0 aliphatic rings. The van der Waals surface area contributed by atoms with Crippen molar-refractivity contribution in [2.45, 2.75) is 19.8 Å². The van der Waals surface area contributed by atoms with E-state index in [1.807, 2.05) is 31.2 Å². The van der Waals surface area contributed by atoms with Crippen LogP contribution in [0.4, 0.5) is 0 Å². The molecule has 19 heavy (non-hydrogen) atoms. The summed E-state index contributed by atoms with van der Waals surface area (Å²) in [5.41, 5.74) is 2.71. The van der Waals surface area contributed by atoms with E-state index in [-0.39, 0.29) is 0 Å². The standard InChI is InChI=1S/C15H14BrNO2/c1-2-4-14-12(15(18)19)7-8-13(17-14)10-5-3-6-11(16)9-10/h3,5-9H,2,4H2,1H3,(H,18,19). The van der Waals surface area contributed by atoms with Crippen molar-refractivity contribution < 1.29 is 9.90 Å². The number of carbonyl (C=O) groups is 1. The Bertz CT molecular complexity index is 611. The third-order valence-electron chi connectivity index (χ3n) is 2.81. The fourth-order valence-corrected chi connectivity index (χ4v) is 2.33. The van der Waals surface area contributed by atoms with Gasteiger partial charge in [-0.2, -0.15) is 0 Å². The first-order chi connectivity index (χ1) is 9.11. The molecule has 4 heteroatoms. The third-order valence-corrected chi connectivity index (χ3v) is 3.31. The van der Waals surface area contributed by atoms with Gasteiger partial charge in [0.1, 0.15) is 0 Å². The van der Waals surface area contributed by atoms with Crippen LogP contribution >= 0.6 is 15.9 Å². The first-order valence-corrected chi connectivity index (χ1v) is 6.90. The summed E-state index contributed by atoms with van der Waals surface area (Å²) in [6, 6.07) is 11.2. The Morgan fingerprint density at radius 1 is 1.32 bits per heavy atom. The van der Waals surface area contributed by atoms with Crippen LogP contribution in [0.5, 0.6) is 0 Å². The molecule has 3 nitrogen and oxygen atoms in total. The number of hydrogen-bond acceptors (Lipinski definition) is 2. The quantitative estimate of drug-likeness (QED) is 0.920. The van der Waals surface area contributed by atoms with Crippen LogP contribution in [0.2, 0.25) is 0 Å². The molecule has 0 radical (unpaired) electrons. The van der Waals surface area contributed by atoms with Gasteiger partial charge in [-0.25, -0.2) is 4.79 Å². The largest absolute Gasteiger partial charge is 0.478 e. The molecule has 0 unspecified atom stereocenters. The fraction of sp³-hybridized carbons (Fsp3) is 0.200. The summed E-state index contributed by atoms with van der Waals surface area (Å²) < 4.78 is 0.978. The lowest BCUT2D eigenvalue weighted by atomic mass is 10.1. The van der Waals surface area contributed by atoms with Crippen molar-refractivity contribution in [2.75, 3.05) is 0 Å². The second-order valence-electron chi connectivity index (χ2n) is 4.26. The Morgan fingerprint density at radius 2 is 2.11 bits per heavy atom. The predicted octanol–water partition coefficient (Wildman–Crippen LogP) is 4.16. The van der Waals surface area contributed by atoms with E-state index in [0.29, 0.717) is 17.7 Å². The molecule has 0 aliphatic carbocycles. The van der Waals surface area contributed by atoms with Crippen LogP contribution in [0.15, 0.2) is 40.9 Å². The molecular formula is C15H14BrNO2. The summed E-state index contributed by atoms with van der Waals surface area (Å²) in [7, 11) is 0. The maximum Gasteiger partial charge on any atom is 0.337 e. The van der Waals surface area contributed by atoms with Crippen molar-refractivity contribution in [2.24, 2.45) is 0 Å². The van der Waals surface area contributed by atoms with Gasteiger partial charge in [0.05, 0.1) is 17.0 Å². The number of aromatic nitrogens is 1. The summed E-state index contributed by atoms with van der Waals surface area (Å²) in [6.45, 7) is 2.01. The maximum absolute atomic E-state index is 11.2. The number of aryl methyl sites for hydroxylation is 1. The van der Waals surface area contributed by atoms with Crippen molar-refractivity contribution in [3.8, 4) is 11.3 Å². The summed E-state index contributed by atoms with van der Waals surface area (Å²) in [5.74, 6) is -0.920. The van der Waals surface area contributed by atoms with Gasteiger partial charge in [0.15, 0.2) is 0 Å². The molecule has 1 aromatic carbocycles. The van der Waals surface area contributed by atoms with E-state index in [1.54, 1.807) is 12.1 Å². The number of carboxylic acid groups (broad SMARTS) is 1. The first kappa shape index (κ1) is 13.7. The Hall–Kier alpha value is -1.68.